The number of aliphatic carboxylic acids is 1. The molecule has 108 valence electrons. The highest BCUT2D eigenvalue weighted by Gasteiger charge is 2.49. The monoisotopic (exact) mass is 274 g/mol. The van der Waals surface area contributed by atoms with Crippen LogP contribution < -0.4 is 5.73 Å². The maximum Gasteiger partial charge on any atom is 0.325 e. The Kier molecular flexibility index (Phi) is 3.52. The van der Waals surface area contributed by atoms with Gasteiger partial charge < -0.3 is 15.7 Å². The molecule has 0 aromatic heterocycles. The van der Waals surface area contributed by atoms with Gasteiger partial charge in [0.2, 0.25) is 0 Å². The van der Waals surface area contributed by atoms with Crippen LogP contribution in [0, 0.1) is 5.92 Å². The van der Waals surface area contributed by atoms with E-state index >= 15 is 0 Å². The predicted molar refractivity (Wildman–Crippen MR) is 77.6 cm³/mol. The molecule has 4 nitrogen and oxygen atoms in total. The summed E-state index contributed by atoms with van der Waals surface area (Å²) in [5.41, 5.74) is 7.91. The van der Waals surface area contributed by atoms with E-state index in [-0.39, 0.29) is 5.92 Å². The van der Waals surface area contributed by atoms with Gasteiger partial charge in [-0.15, -0.1) is 0 Å². The molecule has 1 aliphatic carbocycles. The molecule has 3 rings (SSSR count). The second-order valence-electron chi connectivity index (χ2n) is 6.16. The summed E-state index contributed by atoms with van der Waals surface area (Å²) in [6.45, 7) is 2.27. The van der Waals surface area contributed by atoms with Crippen LogP contribution in [0.3, 0.4) is 0 Å². The van der Waals surface area contributed by atoms with Gasteiger partial charge in [-0.25, -0.2) is 0 Å². The van der Waals surface area contributed by atoms with Crippen molar-refractivity contribution in [3.8, 4) is 0 Å². The van der Waals surface area contributed by atoms with E-state index in [9.17, 15) is 9.90 Å². The van der Waals surface area contributed by atoms with E-state index in [1.54, 1.807) is 0 Å². The van der Waals surface area contributed by atoms with Gasteiger partial charge in [0.15, 0.2) is 0 Å². The van der Waals surface area contributed by atoms with E-state index in [0.29, 0.717) is 6.54 Å². The van der Waals surface area contributed by atoms with Crippen molar-refractivity contribution in [1.29, 1.82) is 0 Å². The van der Waals surface area contributed by atoms with Crippen LogP contribution in [0.5, 0.6) is 0 Å². The number of hydrogen-bond donors (Lipinski definition) is 2. The van der Waals surface area contributed by atoms with Crippen molar-refractivity contribution < 1.29 is 9.90 Å². The summed E-state index contributed by atoms with van der Waals surface area (Å²) < 4.78 is 0. The summed E-state index contributed by atoms with van der Waals surface area (Å²) in [6, 6.07) is 8.49. The third-order valence-corrected chi connectivity index (χ3v) is 4.70. The molecule has 1 heterocycles. The number of rotatable bonds is 4. The van der Waals surface area contributed by atoms with Crippen LogP contribution in [0.4, 0.5) is 0 Å². The molecule has 0 spiro atoms. The molecule has 1 aromatic rings. The van der Waals surface area contributed by atoms with Gasteiger partial charge in [0.1, 0.15) is 5.54 Å². The van der Waals surface area contributed by atoms with Crippen LogP contribution in [-0.2, 0) is 17.6 Å². The van der Waals surface area contributed by atoms with Crippen LogP contribution in [-0.4, -0.2) is 41.1 Å². The molecule has 1 atom stereocenters. The van der Waals surface area contributed by atoms with Crippen molar-refractivity contribution in [1.82, 2.24) is 4.90 Å². The summed E-state index contributed by atoms with van der Waals surface area (Å²) in [5.74, 6) is -0.688. The first-order valence-electron chi connectivity index (χ1n) is 7.41. The van der Waals surface area contributed by atoms with Gasteiger partial charge in [-0.1, -0.05) is 24.3 Å². The number of benzene rings is 1. The molecular formula is C16H22N2O2. The Hall–Kier alpha value is -1.39. The molecular weight excluding hydrogens is 252 g/mol. The van der Waals surface area contributed by atoms with Crippen molar-refractivity contribution >= 4 is 5.97 Å². The lowest BCUT2D eigenvalue weighted by molar-refractivity contribution is -0.145. The Morgan fingerprint density at radius 2 is 1.80 bits per heavy atom. The Bertz CT molecular complexity index is 486. The summed E-state index contributed by atoms with van der Waals surface area (Å²) >= 11 is 0. The highest BCUT2D eigenvalue weighted by molar-refractivity contribution is 5.79. The minimum absolute atomic E-state index is 0.158. The SMILES string of the molecule is NC(CN1CCc2ccccc2CC1)(C(=O)O)C1CC1. The van der Waals surface area contributed by atoms with Gasteiger partial charge in [0, 0.05) is 19.6 Å². The maximum absolute atomic E-state index is 11.5. The van der Waals surface area contributed by atoms with Crippen molar-refractivity contribution in [2.75, 3.05) is 19.6 Å². The van der Waals surface area contributed by atoms with Gasteiger partial charge in [-0.3, -0.25) is 4.79 Å². The molecule has 0 bridgehead atoms. The highest BCUT2D eigenvalue weighted by atomic mass is 16.4. The summed E-state index contributed by atoms with van der Waals surface area (Å²) in [5, 5.41) is 9.47. The molecule has 0 radical (unpaired) electrons. The average Bonchev–Trinajstić information content (AvgIpc) is 3.26. The number of hydrogen-bond acceptors (Lipinski definition) is 3. The van der Waals surface area contributed by atoms with E-state index < -0.39 is 11.5 Å². The topological polar surface area (TPSA) is 66.6 Å². The molecule has 2 aliphatic rings. The van der Waals surface area contributed by atoms with E-state index in [2.05, 4.69) is 29.2 Å². The molecule has 0 saturated heterocycles. The lowest BCUT2D eigenvalue weighted by Crippen LogP contribution is -2.58. The molecule has 1 fully saturated rings. The number of nitrogens with two attached hydrogens (primary N) is 1. The largest absolute Gasteiger partial charge is 0.480 e. The molecule has 1 unspecified atom stereocenters. The van der Waals surface area contributed by atoms with E-state index in [1.165, 1.54) is 11.1 Å². The van der Waals surface area contributed by atoms with Crippen molar-refractivity contribution in [2.24, 2.45) is 11.7 Å². The van der Waals surface area contributed by atoms with Gasteiger partial charge >= 0.3 is 5.97 Å². The van der Waals surface area contributed by atoms with Gasteiger partial charge in [0.25, 0.3) is 0 Å². The fourth-order valence-electron chi connectivity index (χ4n) is 3.21. The number of fused-ring (bicyclic) bond motifs is 1. The zero-order chi connectivity index (χ0) is 14.2. The standard InChI is InChI=1S/C16H22N2O2/c17-16(15(19)20,14-5-6-14)11-18-9-7-12-3-1-2-4-13(12)8-10-18/h1-4,14H,5-11,17H2,(H,19,20). The quantitative estimate of drug-likeness (QED) is 0.868. The molecule has 1 saturated carbocycles. The van der Waals surface area contributed by atoms with Gasteiger partial charge in [-0.2, -0.15) is 0 Å². The predicted octanol–water partition coefficient (Wildman–Crippen LogP) is 1.28. The van der Waals surface area contributed by atoms with E-state index in [0.717, 1.165) is 38.8 Å². The number of carboxylic acid groups (broad SMARTS) is 1. The minimum atomic E-state index is -1.06. The third kappa shape index (κ3) is 2.58. The van der Waals surface area contributed by atoms with E-state index in [4.69, 9.17) is 5.73 Å². The highest BCUT2D eigenvalue weighted by Crippen LogP contribution is 2.39. The molecule has 0 amide bonds. The van der Waals surface area contributed by atoms with Crippen molar-refractivity contribution in [3.05, 3.63) is 35.4 Å². The number of carbonyl (C=O) groups is 1. The zero-order valence-electron chi connectivity index (χ0n) is 11.7. The smallest absolute Gasteiger partial charge is 0.325 e. The van der Waals surface area contributed by atoms with Crippen molar-refractivity contribution in [3.63, 3.8) is 0 Å². The first kappa shape index (κ1) is 13.6. The minimum Gasteiger partial charge on any atom is -0.480 e. The zero-order valence-corrected chi connectivity index (χ0v) is 11.7. The van der Waals surface area contributed by atoms with Crippen LogP contribution in [0.15, 0.2) is 24.3 Å². The summed E-state index contributed by atoms with van der Waals surface area (Å²) in [6.07, 6.45) is 3.88. The fourth-order valence-corrected chi connectivity index (χ4v) is 3.21. The molecule has 3 N–H and O–H groups in total. The summed E-state index contributed by atoms with van der Waals surface area (Å²) in [7, 11) is 0. The van der Waals surface area contributed by atoms with Crippen LogP contribution in [0.1, 0.15) is 24.0 Å². The Labute approximate surface area is 119 Å². The van der Waals surface area contributed by atoms with E-state index in [1.807, 2.05) is 0 Å². The Morgan fingerprint density at radius 1 is 1.25 bits per heavy atom. The number of carboxylic acids is 1. The van der Waals surface area contributed by atoms with Crippen LogP contribution in [0.2, 0.25) is 0 Å². The Morgan fingerprint density at radius 3 is 2.25 bits per heavy atom. The normalized spacial score (nSPS) is 22.6. The molecule has 4 heteroatoms. The molecule has 1 aromatic carbocycles. The van der Waals surface area contributed by atoms with Crippen LogP contribution in [0.25, 0.3) is 0 Å². The van der Waals surface area contributed by atoms with Crippen molar-refractivity contribution in [2.45, 2.75) is 31.2 Å². The third-order valence-electron chi connectivity index (χ3n) is 4.70. The second-order valence-corrected chi connectivity index (χ2v) is 6.16. The first-order chi connectivity index (χ1) is 9.59. The Balaban J connectivity index is 1.69. The summed E-state index contributed by atoms with van der Waals surface area (Å²) in [4.78, 5) is 13.8. The van der Waals surface area contributed by atoms with Gasteiger partial charge in [0.05, 0.1) is 0 Å². The molecule has 20 heavy (non-hydrogen) atoms. The lowest BCUT2D eigenvalue weighted by Gasteiger charge is -2.31. The first-order valence-corrected chi connectivity index (χ1v) is 7.41. The fraction of sp³-hybridized carbons (Fsp3) is 0.562. The second kappa shape index (κ2) is 5.19. The average molecular weight is 274 g/mol. The van der Waals surface area contributed by atoms with Crippen LogP contribution >= 0.6 is 0 Å². The maximum atomic E-state index is 11.5. The van der Waals surface area contributed by atoms with Gasteiger partial charge in [-0.05, 0) is 42.7 Å². The molecule has 1 aliphatic heterocycles. The lowest BCUT2D eigenvalue weighted by atomic mass is 9.93. The number of nitrogens with zero attached hydrogens (tertiary/aromatic N) is 1.